The monoisotopic (exact) mass is 346 g/mol. The van der Waals surface area contributed by atoms with Crippen LogP contribution in [0, 0.1) is 11.3 Å². The van der Waals surface area contributed by atoms with Crippen LogP contribution in [0.25, 0.3) is 11.0 Å². The van der Waals surface area contributed by atoms with E-state index in [4.69, 9.17) is 0 Å². The lowest BCUT2D eigenvalue weighted by Crippen LogP contribution is -2.48. The van der Waals surface area contributed by atoms with Crippen molar-refractivity contribution in [1.29, 1.82) is 0 Å². The van der Waals surface area contributed by atoms with Crippen LogP contribution in [0.1, 0.15) is 41.0 Å². The Morgan fingerprint density at radius 1 is 1.32 bits per heavy atom. The van der Waals surface area contributed by atoms with Gasteiger partial charge in [0.15, 0.2) is 0 Å². The summed E-state index contributed by atoms with van der Waals surface area (Å²) in [4.78, 5) is 40.9. The van der Waals surface area contributed by atoms with Crippen molar-refractivity contribution in [3.63, 3.8) is 0 Å². The number of fused-ring (bicyclic) bond motifs is 1. The summed E-state index contributed by atoms with van der Waals surface area (Å²) >= 11 is 0. The molecule has 0 aromatic carbocycles. The molecule has 0 unspecified atom stereocenters. The number of nitrogens with zero attached hydrogens (tertiary/aromatic N) is 3. The van der Waals surface area contributed by atoms with E-state index < -0.39 is 23.2 Å². The van der Waals surface area contributed by atoms with Gasteiger partial charge < -0.3 is 10.1 Å². The fraction of sp³-hybridized carbons (Fsp3) is 0.556. The van der Waals surface area contributed by atoms with Crippen LogP contribution < -0.4 is 11.0 Å². The highest BCUT2D eigenvalue weighted by Gasteiger charge is 2.28. The smallest absolute Gasteiger partial charge is 0.327 e. The van der Waals surface area contributed by atoms with E-state index in [9.17, 15) is 14.4 Å². The second-order valence-electron chi connectivity index (χ2n) is 7.75. The van der Waals surface area contributed by atoms with Crippen molar-refractivity contribution in [3.05, 3.63) is 28.9 Å². The van der Waals surface area contributed by atoms with Crippen molar-refractivity contribution in [2.75, 3.05) is 0 Å². The largest absolute Gasteiger partial charge is 0.337 e. The Balaban J connectivity index is 2.47. The average Bonchev–Trinajstić information content (AvgIpc) is 2.80. The summed E-state index contributed by atoms with van der Waals surface area (Å²) in [6, 6.07) is 0.342. The topological polar surface area (TPSA) is 86.0 Å². The maximum Gasteiger partial charge on any atom is 0.337 e. The quantitative estimate of drug-likeness (QED) is 0.843. The van der Waals surface area contributed by atoms with Gasteiger partial charge in [0.05, 0.1) is 23.3 Å². The van der Waals surface area contributed by atoms with Gasteiger partial charge in [-0.1, -0.05) is 34.6 Å². The summed E-state index contributed by atoms with van der Waals surface area (Å²) in [5.41, 5.74) is 0.236. The predicted octanol–water partition coefficient (Wildman–Crippen LogP) is 2.42. The van der Waals surface area contributed by atoms with Gasteiger partial charge in [-0.05, 0) is 23.8 Å². The fourth-order valence-corrected chi connectivity index (χ4v) is 2.55. The van der Waals surface area contributed by atoms with Crippen molar-refractivity contribution in [1.82, 2.24) is 19.4 Å². The van der Waals surface area contributed by atoms with Crippen LogP contribution >= 0.6 is 0 Å². The number of carbonyl (C=O) groups is 2. The third kappa shape index (κ3) is 3.97. The van der Waals surface area contributed by atoms with Gasteiger partial charge in [0.2, 0.25) is 0 Å². The maximum absolute atomic E-state index is 12.8. The van der Waals surface area contributed by atoms with Gasteiger partial charge in [-0.15, -0.1) is 0 Å². The number of aromatic nitrogens is 3. The number of hydrogen-bond acceptors (Lipinski definition) is 4. The Bertz CT molecular complexity index is 827. The molecule has 2 aromatic rings. The molecular weight excluding hydrogens is 320 g/mol. The molecular formula is C18H26N4O3. The van der Waals surface area contributed by atoms with Crippen LogP contribution in [0.5, 0.6) is 0 Å². The lowest BCUT2D eigenvalue weighted by atomic mass is 9.88. The molecule has 0 saturated carbocycles. The second-order valence-corrected chi connectivity index (χ2v) is 7.75. The van der Waals surface area contributed by atoms with Gasteiger partial charge in [0.1, 0.15) is 6.29 Å². The standard InChI is InChI=1S/C18H26N4O3/c1-12(2)7-9-21-14-10-19-8-6-13(14)22(17(21)25)16(24)20-15(11-23)18(3,4)5/h6,8,10-12,15H,7,9H2,1-5H3,(H,20,24)/t15-/m1/s1. The van der Waals surface area contributed by atoms with Gasteiger partial charge in [0.25, 0.3) is 0 Å². The molecule has 2 heterocycles. The first-order valence-electron chi connectivity index (χ1n) is 8.48. The van der Waals surface area contributed by atoms with E-state index in [0.29, 0.717) is 29.8 Å². The number of aldehydes is 1. The second kappa shape index (κ2) is 7.21. The summed E-state index contributed by atoms with van der Waals surface area (Å²) in [7, 11) is 0. The zero-order chi connectivity index (χ0) is 18.8. The predicted molar refractivity (Wildman–Crippen MR) is 96.7 cm³/mol. The van der Waals surface area contributed by atoms with Crippen LogP contribution in [0.4, 0.5) is 4.79 Å². The molecule has 0 bridgehead atoms. The summed E-state index contributed by atoms with van der Waals surface area (Å²) in [5.74, 6) is 0.427. The molecule has 136 valence electrons. The first-order valence-corrected chi connectivity index (χ1v) is 8.48. The number of aryl methyl sites for hydroxylation is 1. The third-order valence-corrected chi connectivity index (χ3v) is 4.21. The van der Waals surface area contributed by atoms with Gasteiger partial charge in [-0.3, -0.25) is 9.55 Å². The Morgan fingerprint density at radius 2 is 2.00 bits per heavy atom. The number of imidazole rings is 1. The van der Waals surface area contributed by atoms with E-state index in [0.717, 1.165) is 11.0 Å². The molecule has 25 heavy (non-hydrogen) atoms. The molecule has 0 spiro atoms. The lowest BCUT2D eigenvalue weighted by molar-refractivity contribution is -0.111. The Morgan fingerprint density at radius 3 is 2.56 bits per heavy atom. The highest BCUT2D eigenvalue weighted by atomic mass is 16.2. The Kier molecular flexibility index (Phi) is 5.45. The van der Waals surface area contributed by atoms with E-state index in [1.807, 2.05) is 20.8 Å². The molecule has 0 aliphatic rings. The number of nitrogens with one attached hydrogen (secondary N) is 1. The molecule has 2 aromatic heterocycles. The molecule has 2 rings (SSSR count). The molecule has 7 nitrogen and oxygen atoms in total. The van der Waals surface area contributed by atoms with Crippen LogP contribution in [0.15, 0.2) is 23.3 Å². The molecule has 0 radical (unpaired) electrons. The zero-order valence-electron chi connectivity index (χ0n) is 15.4. The number of carbonyl (C=O) groups excluding carboxylic acids is 2. The van der Waals surface area contributed by atoms with Crippen LogP contribution in [-0.2, 0) is 11.3 Å². The van der Waals surface area contributed by atoms with Crippen molar-refractivity contribution in [3.8, 4) is 0 Å². The third-order valence-electron chi connectivity index (χ3n) is 4.21. The number of amides is 1. The normalized spacial score (nSPS) is 13.2. The molecule has 0 fully saturated rings. The SMILES string of the molecule is CC(C)CCn1c(=O)n(C(=O)N[C@H](C=O)C(C)(C)C)c2ccncc21. The van der Waals surface area contributed by atoms with Crippen molar-refractivity contribution in [2.45, 2.75) is 53.6 Å². The minimum Gasteiger partial charge on any atom is -0.327 e. The van der Waals surface area contributed by atoms with E-state index in [1.165, 1.54) is 0 Å². The van der Waals surface area contributed by atoms with E-state index >= 15 is 0 Å². The number of rotatable bonds is 5. The first-order chi connectivity index (χ1) is 11.7. The van der Waals surface area contributed by atoms with Gasteiger partial charge in [0, 0.05) is 12.7 Å². The molecule has 0 aliphatic heterocycles. The van der Waals surface area contributed by atoms with E-state index in [2.05, 4.69) is 24.1 Å². The summed E-state index contributed by atoms with van der Waals surface area (Å²) in [5, 5.41) is 2.66. The van der Waals surface area contributed by atoms with Crippen LogP contribution in [0.3, 0.4) is 0 Å². The highest BCUT2D eigenvalue weighted by Crippen LogP contribution is 2.18. The summed E-state index contributed by atoms with van der Waals surface area (Å²) in [6.07, 6.45) is 4.64. The van der Waals surface area contributed by atoms with Crippen molar-refractivity contribution < 1.29 is 9.59 Å². The maximum atomic E-state index is 12.8. The Labute approximate surface area is 147 Å². The molecule has 1 N–H and O–H groups in total. The Hall–Kier alpha value is -2.44. The average molecular weight is 346 g/mol. The molecule has 1 amide bonds. The van der Waals surface area contributed by atoms with E-state index in [-0.39, 0.29) is 0 Å². The minimum atomic E-state index is -0.692. The van der Waals surface area contributed by atoms with Gasteiger partial charge in [-0.2, -0.15) is 0 Å². The molecule has 0 aliphatic carbocycles. The number of pyridine rings is 1. The van der Waals surface area contributed by atoms with E-state index in [1.54, 1.807) is 23.0 Å². The highest BCUT2D eigenvalue weighted by molar-refractivity contribution is 5.90. The van der Waals surface area contributed by atoms with Crippen LogP contribution in [0.2, 0.25) is 0 Å². The lowest BCUT2D eigenvalue weighted by Gasteiger charge is -2.26. The van der Waals surface area contributed by atoms with Gasteiger partial charge in [-0.25, -0.2) is 14.2 Å². The zero-order valence-corrected chi connectivity index (χ0v) is 15.4. The van der Waals surface area contributed by atoms with Crippen molar-refractivity contribution in [2.24, 2.45) is 11.3 Å². The minimum absolute atomic E-state index is 0.417. The summed E-state index contributed by atoms with van der Waals surface area (Å²) < 4.78 is 2.65. The number of hydrogen-bond donors (Lipinski definition) is 1. The van der Waals surface area contributed by atoms with Crippen molar-refractivity contribution >= 4 is 23.4 Å². The van der Waals surface area contributed by atoms with Crippen LogP contribution in [-0.4, -0.2) is 32.5 Å². The van der Waals surface area contributed by atoms with Gasteiger partial charge >= 0.3 is 11.7 Å². The fourth-order valence-electron chi connectivity index (χ4n) is 2.55. The first kappa shape index (κ1) is 18.9. The summed E-state index contributed by atoms with van der Waals surface area (Å²) in [6.45, 7) is 10.2. The molecule has 1 atom stereocenters. The molecule has 7 heteroatoms. The molecule has 0 saturated heterocycles.